The predicted octanol–water partition coefficient (Wildman–Crippen LogP) is 24.6. The molecule has 0 heterocycles. The van der Waals surface area contributed by atoms with Crippen molar-refractivity contribution in [1.82, 2.24) is 0 Å². The molecule has 0 aromatic carbocycles. The molecule has 0 aliphatic heterocycles. The van der Waals surface area contributed by atoms with Crippen LogP contribution < -0.4 is 0 Å². The highest BCUT2D eigenvalue weighted by Crippen LogP contribution is 2.17. The molecule has 476 valence electrons. The largest absolute Gasteiger partial charge is 0.462 e. The minimum Gasteiger partial charge on any atom is -0.462 e. The van der Waals surface area contributed by atoms with Gasteiger partial charge in [0.1, 0.15) is 13.2 Å². The third-order valence-corrected chi connectivity index (χ3v) is 15.2. The van der Waals surface area contributed by atoms with Crippen molar-refractivity contribution in [2.24, 2.45) is 0 Å². The van der Waals surface area contributed by atoms with Gasteiger partial charge in [-0.3, -0.25) is 14.4 Å². The second-order valence-corrected chi connectivity index (χ2v) is 23.4. The van der Waals surface area contributed by atoms with E-state index in [1.165, 1.54) is 186 Å². The standard InChI is InChI=1S/C77H132O6/c1-4-7-10-13-16-19-22-24-26-28-30-32-34-35-36-37-38-39-40-41-43-44-46-48-50-52-55-58-61-64-67-70-76(79)82-73-74(72-81-75(78)69-66-63-60-57-54-21-18-15-12-9-6-3)83-77(80)71-68-65-62-59-56-53-51-49-47-45-42-33-31-29-27-25-23-20-17-14-11-8-5-2/h7,10,15-16,18-19,23-26,29-32,35-36,42,45,74H,4-6,8-9,11-14,17,20-22,27-28,33-34,37-41,43-44,46-73H2,1-3H3/b10-7-,18-15-,19-16-,25-23-,26-24-,31-29-,32-30-,36-35-,45-42-. The third-order valence-electron chi connectivity index (χ3n) is 15.2. The van der Waals surface area contributed by atoms with Gasteiger partial charge in [-0.1, -0.05) is 310 Å². The average Bonchev–Trinajstić information content (AvgIpc) is 3.48. The first-order chi connectivity index (χ1) is 41.0. The molecule has 0 rings (SSSR count). The average molecular weight is 1150 g/mol. The Labute approximate surface area is 514 Å². The summed E-state index contributed by atoms with van der Waals surface area (Å²) < 4.78 is 16.9. The van der Waals surface area contributed by atoms with Gasteiger partial charge in [-0.15, -0.1) is 0 Å². The van der Waals surface area contributed by atoms with Crippen LogP contribution in [0.2, 0.25) is 0 Å². The van der Waals surface area contributed by atoms with E-state index < -0.39 is 6.10 Å². The quantitative estimate of drug-likeness (QED) is 0.0261. The minimum atomic E-state index is -0.787. The summed E-state index contributed by atoms with van der Waals surface area (Å²) in [5.74, 6) is -0.887. The Bertz CT molecular complexity index is 1660. The Morgan fingerprint density at radius 1 is 0.253 bits per heavy atom. The number of carbonyl (C=O) groups excluding carboxylic acids is 3. The lowest BCUT2D eigenvalue weighted by Gasteiger charge is -2.18. The molecular weight excluding hydrogens is 1020 g/mol. The van der Waals surface area contributed by atoms with Crippen molar-refractivity contribution in [2.75, 3.05) is 13.2 Å². The summed E-state index contributed by atoms with van der Waals surface area (Å²) in [6, 6.07) is 0. The van der Waals surface area contributed by atoms with Crippen molar-refractivity contribution in [1.29, 1.82) is 0 Å². The molecule has 0 N–H and O–H groups in total. The molecule has 0 aromatic rings. The van der Waals surface area contributed by atoms with Crippen molar-refractivity contribution in [3.63, 3.8) is 0 Å². The number of esters is 3. The number of hydrogen-bond donors (Lipinski definition) is 0. The van der Waals surface area contributed by atoms with E-state index in [-0.39, 0.29) is 31.1 Å². The van der Waals surface area contributed by atoms with Crippen LogP contribution in [0, 0.1) is 0 Å². The van der Waals surface area contributed by atoms with Crippen LogP contribution in [0.1, 0.15) is 342 Å². The van der Waals surface area contributed by atoms with Crippen molar-refractivity contribution >= 4 is 17.9 Å². The van der Waals surface area contributed by atoms with Gasteiger partial charge in [-0.25, -0.2) is 0 Å². The SMILES string of the molecule is CC/C=C\C/C=C\C/C=C\C/C=C\C/C=C\CCCCCCCCCCCCCCCCCC(=O)OCC(COC(=O)CCCCCCC/C=C\CCCC)OC(=O)CCCCCCCCCC/C=C\C/C=C\C/C=C\CCCCCCC. The fourth-order valence-corrected chi connectivity index (χ4v) is 9.93. The van der Waals surface area contributed by atoms with Crippen molar-refractivity contribution in [3.8, 4) is 0 Å². The Morgan fingerprint density at radius 2 is 0.482 bits per heavy atom. The molecule has 0 aromatic heterocycles. The molecule has 6 heteroatoms. The first-order valence-corrected chi connectivity index (χ1v) is 35.4. The first-order valence-electron chi connectivity index (χ1n) is 35.4. The monoisotopic (exact) mass is 1150 g/mol. The summed E-state index contributed by atoms with van der Waals surface area (Å²) in [4.78, 5) is 38.4. The lowest BCUT2D eigenvalue weighted by Crippen LogP contribution is -2.30. The summed E-state index contributed by atoms with van der Waals surface area (Å²) in [6.07, 6.45) is 96.9. The number of allylic oxidation sites excluding steroid dienone is 18. The fourth-order valence-electron chi connectivity index (χ4n) is 9.93. The topological polar surface area (TPSA) is 78.9 Å². The molecule has 0 spiro atoms. The number of hydrogen-bond acceptors (Lipinski definition) is 6. The lowest BCUT2D eigenvalue weighted by atomic mass is 10.0. The molecule has 0 saturated heterocycles. The second-order valence-electron chi connectivity index (χ2n) is 23.4. The van der Waals surface area contributed by atoms with Crippen LogP contribution in [0.4, 0.5) is 0 Å². The van der Waals surface area contributed by atoms with E-state index in [4.69, 9.17) is 14.2 Å². The van der Waals surface area contributed by atoms with Crippen molar-refractivity contribution < 1.29 is 28.6 Å². The fraction of sp³-hybridized carbons (Fsp3) is 0.727. The highest BCUT2D eigenvalue weighted by Gasteiger charge is 2.19. The highest BCUT2D eigenvalue weighted by molar-refractivity contribution is 5.71. The Hall–Kier alpha value is -3.93. The lowest BCUT2D eigenvalue weighted by molar-refractivity contribution is -0.167. The number of rotatable bonds is 64. The van der Waals surface area contributed by atoms with Gasteiger partial charge in [-0.2, -0.15) is 0 Å². The maximum absolute atomic E-state index is 12.9. The van der Waals surface area contributed by atoms with Gasteiger partial charge in [0, 0.05) is 19.3 Å². The molecule has 0 fully saturated rings. The Morgan fingerprint density at radius 3 is 0.783 bits per heavy atom. The smallest absolute Gasteiger partial charge is 0.306 e. The van der Waals surface area contributed by atoms with E-state index >= 15 is 0 Å². The normalized spacial score (nSPS) is 12.8. The van der Waals surface area contributed by atoms with Crippen molar-refractivity contribution in [2.45, 2.75) is 348 Å². The zero-order valence-corrected chi connectivity index (χ0v) is 54.7. The molecule has 0 radical (unpaired) electrons. The van der Waals surface area contributed by atoms with Gasteiger partial charge in [-0.05, 0) is 122 Å². The van der Waals surface area contributed by atoms with Crippen LogP contribution in [0.3, 0.4) is 0 Å². The van der Waals surface area contributed by atoms with Gasteiger partial charge >= 0.3 is 17.9 Å². The van der Waals surface area contributed by atoms with Gasteiger partial charge < -0.3 is 14.2 Å². The molecule has 0 aliphatic carbocycles. The molecule has 6 nitrogen and oxygen atoms in total. The number of carbonyl (C=O) groups is 3. The Kier molecular flexibility index (Phi) is 67.2. The third kappa shape index (κ3) is 68.7. The summed E-state index contributed by atoms with van der Waals surface area (Å²) in [7, 11) is 0. The second kappa shape index (κ2) is 70.6. The summed E-state index contributed by atoms with van der Waals surface area (Å²) in [5.41, 5.74) is 0. The van der Waals surface area contributed by atoms with E-state index in [0.29, 0.717) is 19.3 Å². The van der Waals surface area contributed by atoms with Gasteiger partial charge in [0.2, 0.25) is 0 Å². The maximum atomic E-state index is 12.9. The summed E-state index contributed by atoms with van der Waals surface area (Å²) >= 11 is 0. The van der Waals surface area contributed by atoms with E-state index in [1.54, 1.807) is 0 Å². The molecule has 0 saturated carbocycles. The van der Waals surface area contributed by atoms with Crippen molar-refractivity contribution in [3.05, 3.63) is 109 Å². The van der Waals surface area contributed by atoms with Gasteiger partial charge in [0.05, 0.1) is 0 Å². The van der Waals surface area contributed by atoms with E-state index in [0.717, 1.165) is 116 Å². The zero-order chi connectivity index (χ0) is 59.9. The van der Waals surface area contributed by atoms with Crippen LogP contribution >= 0.6 is 0 Å². The zero-order valence-electron chi connectivity index (χ0n) is 54.7. The Balaban J connectivity index is 4.21. The van der Waals surface area contributed by atoms with E-state index in [1.807, 2.05) is 0 Å². The highest BCUT2D eigenvalue weighted by atomic mass is 16.6. The molecule has 0 amide bonds. The molecule has 0 aliphatic rings. The first kappa shape index (κ1) is 79.1. The van der Waals surface area contributed by atoms with Crippen LogP contribution in [-0.2, 0) is 28.6 Å². The summed E-state index contributed by atoms with van der Waals surface area (Å²) in [5, 5.41) is 0. The molecule has 1 atom stereocenters. The van der Waals surface area contributed by atoms with E-state index in [2.05, 4.69) is 130 Å². The minimum absolute atomic E-state index is 0.0821. The molecule has 0 bridgehead atoms. The number of ether oxygens (including phenoxy) is 3. The van der Waals surface area contributed by atoms with Crippen LogP contribution in [0.5, 0.6) is 0 Å². The van der Waals surface area contributed by atoms with Crippen LogP contribution in [0.25, 0.3) is 0 Å². The molecule has 83 heavy (non-hydrogen) atoms. The van der Waals surface area contributed by atoms with Crippen LogP contribution in [0.15, 0.2) is 109 Å². The van der Waals surface area contributed by atoms with Gasteiger partial charge in [0.15, 0.2) is 6.10 Å². The number of unbranched alkanes of at least 4 members (excludes halogenated alkanes) is 35. The maximum Gasteiger partial charge on any atom is 0.306 e. The summed E-state index contributed by atoms with van der Waals surface area (Å²) in [6.45, 7) is 6.49. The van der Waals surface area contributed by atoms with E-state index in [9.17, 15) is 14.4 Å². The molecular formula is C77H132O6. The molecule has 1 unspecified atom stereocenters. The predicted molar refractivity (Wildman–Crippen MR) is 362 cm³/mol. The van der Waals surface area contributed by atoms with Crippen LogP contribution in [-0.4, -0.2) is 37.2 Å². The van der Waals surface area contributed by atoms with Gasteiger partial charge in [0.25, 0.3) is 0 Å².